The molecule has 0 aliphatic carbocycles. The minimum absolute atomic E-state index is 0.242. The molecule has 1 atom stereocenters. The first-order chi connectivity index (χ1) is 11.0. The van der Waals surface area contributed by atoms with Crippen molar-refractivity contribution in [1.29, 1.82) is 0 Å². The van der Waals surface area contributed by atoms with Gasteiger partial charge in [0, 0.05) is 22.8 Å². The van der Waals surface area contributed by atoms with Crippen molar-refractivity contribution in [3.8, 4) is 10.4 Å². The minimum atomic E-state index is -0.752. The van der Waals surface area contributed by atoms with Crippen LogP contribution in [0.25, 0.3) is 10.4 Å². The van der Waals surface area contributed by atoms with E-state index in [4.69, 9.17) is 0 Å². The fourth-order valence-corrected chi connectivity index (χ4v) is 3.45. The lowest BCUT2D eigenvalue weighted by Crippen LogP contribution is -2.29. The zero-order chi connectivity index (χ0) is 16.8. The lowest BCUT2D eigenvalue weighted by atomic mass is 9.97. The highest BCUT2D eigenvalue weighted by atomic mass is 32.1. The maximum Gasteiger partial charge on any atom is 0.307 e. The summed E-state index contributed by atoms with van der Waals surface area (Å²) >= 11 is 1.59. The van der Waals surface area contributed by atoms with Crippen molar-refractivity contribution in [2.45, 2.75) is 26.8 Å². The summed E-state index contributed by atoms with van der Waals surface area (Å²) in [5, 5.41) is 12.4. The van der Waals surface area contributed by atoms with Crippen molar-refractivity contribution in [2.24, 2.45) is 11.8 Å². The van der Waals surface area contributed by atoms with Crippen molar-refractivity contribution < 1.29 is 14.3 Å². The molecule has 2 rings (SSSR count). The molecular formula is C18H22FNO2S. The second-order valence-corrected chi connectivity index (χ2v) is 7.24. The summed E-state index contributed by atoms with van der Waals surface area (Å²) in [6.07, 6.45) is 0.668. The van der Waals surface area contributed by atoms with Crippen molar-refractivity contribution in [2.75, 3.05) is 6.54 Å². The van der Waals surface area contributed by atoms with Crippen molar-refractivity contribution >= 4 is 17.3 Å². The Hall–Kier alpha value is -1.72. The summed E-state index contributed by atoms with van der Waals surface area (Å²) < 4.78 is 13.3. The fraction of sp³-hybridized carbons (Fsp3) is 0.389. The van der Waals surface area contributed by atoms with Gasteiger partial charge in [0.15, 0.2) is 0 Å². The Morgan fingerprint density at radius 3 is 2.74 bits per heavy atom. The van der Waals surface area contributed by atoms with Gasteiger partial charge in [-0.2, -0.15) is 0 Å². The van der Waals surface area contributed by atoms with Crippen molar-refractivity contribution in [3.05, 3.63) is 47.1 Å². The summed E-state index contributed by atoms with van der Waals surface area (Å²) in [4.78, 5) is 13.3. The molecule has 1 aromatic carbocycles. The Bertz CT molecular complexity index is 654. The number of carboxylic acids is 1. The molecule has 0 bridgehead atoms. The summed E-state index contributed by atoms with van der Waals surface area (Å²) in [7, 11) is 0. The van der Waals surface area contributed by atoms with Crippen LogP contribution in [-0.2, 0) is 11.3 Å². The van der Waals surface area contributed by atoms with Gasteiger partial charge in [0.05, 0.1) is 5.92 Å². The molecule has 0 fully saturated rings. The van der Waals surface area contributed by atoms with Gasteiger partial charge in [0.2, 0.25) is 0 Å². The van der Waals surface area contributed by atoms with Gasteiger partial charge in [-0.25, -0.2) is 4.39 Å². The lowest BCUT2D eigenvalue weighted by molar-refractivity contribution is -0.142. The number of carboxylic acid groups (broad SMARTS) is 1. The molecule has 124 valence electrons. The number of thiophene rings is 1. The molecule has 0 saturated carbocycles. The molecule has 1 unspecified atom stereocenters. The van der Waals surface area contributed by atoms with E-state index >= 15 is 0 Å². The van der Waals surface area contributed by atoms with E-state index in [1.54, 1.807) is 17.4 Å². The molecule has 0 radical (unpaired) electrons. The van der Waals surface area contributed by atoms with E-state index in [9.17, 15) is 14.3 Å². The van der Waals surface area contributed by atoms with E-state index in [2.05, 4.69) is 5.32 Å². The number of benzene rings is 1. The zero-order valence-corrected chi connectivity index (χ0v) is 14.2. The Kier molecular flexibility index (Phi) is 6.30. The van der Waals surface area contributed by atoms with E-state index in [-0.39, 0.29) is 11.7 Å². The molecular weight excluding hydrogens is 313 g/mol. The van der Waals surface area contributed by atoms with E-state index in [0.717, 1.165) is 15.3 Å². The number of hydrogen-bond acceptors (Lipinski definition) is 3. The Morgan fingerprint density at radius 2 is 2.09 bits per heavy atom. The molecule has 1 heterocycles. The highest BCUT2D eigenvalue weighted by molar-refractivity contribution is 7.15. The average molecular weight is 335 g/mol. The number of halogens is 1. The van der Waals surface area contributed by atoms with Gasteiger partial charge in [-0.3, -0.25) is 4.79 Å². The van der Waals surface area contributed by atoms with E-state index in [0.29, 0.717) is 25.4 Å². The molecule has 0 amide bonds. The molecule has 0 spiro atoms. The standard InChI is InChI=1S/C18H22FNO2S/c1-12(2)8-14(18(21)22)10-20-11-16-6-7-17(23-16)13-4-3-5-15(19)9-13/h3-7,9,12,14,20H,8,10-11H2,1-2H3,(H,21,22). The van der Waals surface area contributed by atoms with Crippen LogP contribution in [0.4, 0.5) is 4.39 Å². The summed E-state index contributed by atoms with van der Waals surface area (Å²) in [5.41, 5.74) is 0.865. The molecule has 5 heteroatoms. The van der Waals surface area contributed by atoms with Crippen LogP contribution in [0, 0.1) is 17.7 Å². The summed E-state index contributed by atoms with van der Waals surface area (Å²) in [6.45, 7) is 5.14. The van der Waals surface area contributed by atoms with Crippen molar-refractivity contribution in [3.63, 3.8) is 0 Å². The number of nitrogens with one attached hydrogen (secondary N) is 1. The smallest absolute Gasteiger partial charge is 0.307 e. The molecule has 0 saturated heterocycles. The van der Waals surface area contributed by atoms with E-state index in [1.807, 2.05) is 32.0 Å². The first-order valence-corrected chi connectivity index (χ1v) is 8.55. The molecule has 23 heavy (non-hydrogen) atoms. The van der Waals surface area contributed by atoms with Gasteiger partial charge in [0.25, 0.3) is 0 Å². The lowest BCUT2D eigenvalue weighted by Gasteiger charge is -2.15. The normalized spacial score (nSPS) is 12.5. The van der Waals surface area contributed by atoms with Crippen molar-refractivity contribution in [1.82, 2.24) is 5.32 Å². The molecule has 3 nitrogen and oxygen atoms in total. The highest BCUT2D eigenvalue weighted by Crippen LogP contribution is 2.28. The van der Waals surface area contributed by atoms with Gasteiger partial charge in [-0.1, -0.05) is 26.0 Å². The predicted molar refractivity (Wildman–Crippen MR) is 92.0 cm³/mol. The highest BCUT2D eigenvalue weighted by Gasteiger charge is 2.18. The van der Waals surface area contributed by atoms with Gasteiger partial charge in [-0.15, -0.1) is 11.3 Å². The Balaban J connectivity index is 1.91. The molecule has 2 aromatic rings. The van der Waals surface area contributed by atoms with Crippen LogP contribution in [0.15, 0.2) is 36.4 Å². The maximum atomic E-state index is 13.3. The molecule has 0 aliphatic heterocycles. The van der Waals surface area contributed by atoms with Crippen LogP contribution in [0.3, 0.4) is 0 Å². The second kappa shape index (κ2) is 8.22. The quantitative estimate of drug-likeness (QED) is 0.752. The first-order valence-electron chi connectivity index (χ1n) is 7.74. The minimum Gasteiger partial charge on any atom is -0.481 e. The average Bonchev–Trinajstić information content (AvgIpc) is 2.94. The largest absolute Gasteiger partial charge is 0.481 e. The Morgan fingerprint density at radius 1 is 1.30 bits per heavy atom. The number of hydrogen-bond donors (Lipinski definition) is 2. The van der Waals surface area contributed by atoms with Crippen LogP contribution in [0.1, 0.15) is 25.1 Å². The first kappa shape index (κ1) is 17.6. The van der Waals surface area contributed by atoms with Crippen LogP contribution >= 0.6 is 11.3 Å². The predicted octanol–water partition coefficient (Wildman–Crippen LogP) is 4.39. The molecule has 2 N–H and O–H groups in total. The summed E-state index contributed by atoms with van der Waals surface area (Å²) in [6, 6.07) is 10.5. The number of aliphatic carboxylic acids is 1. The maximum absolute atomic E-state index is 13.3. The topological polar surface area (TPSA) is 49.3 Å². The van der Waals surface area contributed by atoms with Gasteiger partial charge in [-0.05, 0) is 42.2 Å². The zero-order valence-electron chi connectivity index (χ0n) is 13.4. The second-order valence-electron chi connectivity index (χ2n) is 6.07. The van der Waals surface area contributed by atoms with Crippen LogP contribution in [0.5, 0.6) is 0 Å². The van der Waals surface area contributed by atoms with Gasteiger partial charge < -0.3 is 10.4 Å². The van der Waals surface area contributed by atoms with Crippen LogP contribution in [-0.4, -0.2) is 17.6 Å². The van der Waals surface area contributed by atoms with Gasteiger partial charge in [0.1, 0.15) is 5.82 Å². The SMILES string of the molecule is CC(C)CC(CNCc1ccc(-c2cccc(F)c2)s1)C(=O)O. The Labute approximate surface area is 140 Å². The number of rotatable bonds is 8. The summed E-state index contributed by atoms with van der Waals surface area (Å²) in [5.74, 6) is -0.997. The van der Waals surface area contributed by atoms with Gasteiger partial charge >= 0.3 is 5.97 Å². The molecule has 1 aromatic heterocycles. The third-order valence-electron chi connectivity index (χ3n) is 3.57. The molecule has 0 aliphatic rings. The van der Waals surface area contributed by atoms with Crippen LogP contribution in [0.2, 0.25) is 0 Å². The van der Waals surface area contributed by atoms with E-state index in [1.165, 1.54) is 12.1 Å². The number of carbonyl (C=O) groups is 1. The van der Waals surface area contributed by atoms with E-state index < -0.39 is 5.97 Å². The monoisotopic (exact) mass is 335 g/mol. The van der Waals surface area contributed by atoms with Crippen LogP contribution < -0.4 is 5.32 Å². The fourth-order valence-electron chi connectivity index (χ4n) is 2.48. The third kappa shape index (κ3) is 5.44. The third-order valence-corrected chi connectivity index (χ3v) is 4.70.